The number of carbonyl (C=O) groups excluding carboxylic acids is 1. The Morgan fingerprint density at radius 2 is 1.88 bits per heavy atom. The molecule has 134 valence electrons. The quantitative estimate of drug-likeness (QED) is 0.778. The van der Waals surface area contributed by atoms with Gasteiger partial charge in [0.15, 0.2) is 0 Å². The van der Waals surface area contributed by atoms with Gasteiger partial charge in [-0.05, 0) is 64.1 Å². The van der Waals surface area contributed by atoms with Crippen LogP contribution in [0.4, 0.5) is 5.69 Å². The summed E-state index contributed by atoms with van der Waals surface area (Å²) >= 11 is 1.59. The van der Waals surface area contributed by atoms with Gasteiger partial charge in [0.25, 0.3) is 0 Å². The van der Waals surface area contributed by atoms with Crippen LogP contribution < -0.4 is 10.0 Å². The Morgan fingerprint density at radius 3 is 2.48 bits per heavy atom. The maximum Gasteiger partial charge on any atom is 0.248 e. The number of hydrogen-bond acceptors (Lipinski definition) is 4. The molecular formula is C18H22N2O3S2. The van der Waals surface area contributed by atoms with Crippen LogP contribution in [0.1, 0.15) is 30.5 Å². The molecule has 25 heavy (non-hydrogen) atoms. The van der Waals surface area contributed by atoms with Gasteiger partial charge in [-0.1, -0.05) is 6.07 Å². The van der Waals surface area contributed by atoms with Crippen molar-refractivity contribution in [2.24, 2.45) is 0 Å². The molecule has 0 bridgehead atoms. The first kappa shape index (κ1) is 19.4. The molecule has 2 aromatic rings. The zero-order chi connectivity index (χ0) is 18.7. The van der Waals surface area contributed by atoms with E-state index in [4.69, 9.17) is 0 Å². The summed E-state index contributed by atoms with van der Waals surface area (Å²) in [4.78, 5) is 14.3. The zero-order valence-corrected chi connectivity index (χ0v) is 16.3. The number of nitrogens with one attached hydrogen (secondary N) is 2. The molecule has 1 aromatic heterocycles. The molecule has 1 aromatic carbocycles. The fraction of sp³-hybridized carbons (Fsp3) is 0.278. The summed E-state index contributed by atoms with van der Waals surface area (Å²) in [5.74, 6) is -0.315. The molecule has 1 amide bonds. The molecule has 0 radical (unpaired) electrons. The van der Waals surface area contributed by atoms with E-state index in [1.165, 1.54) is 23.1 Å². The predicted molar refractivity (Wildman–Crippen MR) is 103 cm³/mol. The summed E-state index contributed by atoms with van der Waals surface area (Å²) in [6.07, 6.45) is 3.16. The summed E-state index contributed by atoms with van der Waals surface area (Å²) in [7, 11) is -3.65. The molecule has 0 fully saturated rings. The largest absolute Gasteiger partial charge is 0.322 e. The molecule has 7 heteroatoms. The minimum absolute atomic E-state index is 0.109. The Hall–Kier alpha value is -1.96. The molecule has 0 atom stereocenters. The Labute approximate surface area is 152 Å². The lowest BCUT2D eigenvalue weighted by atomic mass is 10.1. The lowest BCUT2D eigenvalue weighted by Gasteiger charge is -2.20. The fourth-order valence-corrected chi connectivity index (χ4v) is 4.33. The van der Waals surface area contributed by atoms with Crippen LogP contribution in [-0.4, -0.2) is 19.9 Å². The molecule has 0 aliphatic carbocycles. The van der Waals surface area contributed by atoms with E-state index in [1.807, 2.05) is 19.1 Å². The van der Waals surface area contributed by atoms with Gasteiger partial charge in [-0.25, -0.2) is 13.1 Å². The van der Waals surface area contributed by atoms with E-state index in [0.717, 1.165) is 4.88 Å². The molecule has 0 saturated carbocycles. The highest BCUT2D eigenvalue weighted by Crippen LogP contribution is 2.18. The smallest absolute Gasteiger partial charge is 0.248 e. The highest BCUT2D eigenvalue weighted by Gasteiger charge is 2.22. The van der Waals surface area contributed by atoms with Crippen molar-refractivity contribution in [2.75, 3.05) is 5.32 Å². The maximum atomic E-state index is 12.4. The summed E-state index contributed by atoms with van der Waals surface area (Å²) in [5.41, 5.74) is -0.159. The molecule has 1 heterocycles. The number of anilines is 1. The van der Waals surface area contributed by atoms with Gasteiger partial charge in [-0.2, -0.15) is 0 Å². The molecule has 0 saturated heterocycles. The highest BCUT2D eigenvalue weighted by molar-refractivity contribution is 7.89. The number of sulfonamides is 1. The van der Waals surface area contributed by atoms with Crippen LogP contribution in [0.2, 0.25) is 0 Å². The normalized spacial score (nSPS) is 12.5. The lowest BCUT2D eigenvalue weighted by Crippen LogP contribution is -2.40. The van der Waals surface area contributed by atoms with Crippen molar-refractivity contribution >= 4 is 39.0 Å². The number of carbonyl (C=O) groups is 1. The molecule has 2 N–H and O–H groups in total. The second kappa shape index (κ2) is 7.51. The van der Waals surface area contributed by atoms with Gasteiger partial charge in [-0.3, -0.25) is 4.79 Å². The number of aryl methyl sites for hydroxylation is 1. The Balaban J connectivity index is 2.11. The van der Waals surface area contributed by atoms with Crippen LogP contribution in [0, 0.1) is 6.92 Å². The van der Waals surface area contributed by atoms with E-state index >= 15 is 0 Å². The molecule has 0 spiro atoms. The first-order valence-corrected chi connectivity index (χ1v) is 10.0. The Bertz CT molecular complexity index is 891. The van der Waals surface area contributed by atoms with Crippen LogP contribution in [0.3, 0.4) is 0 Å². The van der Waals surface area contributed by atoms with Crippen LogP contribution in [-0.2, 0) is 14.8 Å². The van der Waals surface area contributed by atoms with E-state index in [2.05, 4.69) is 10.0 Å². The van der Waals surface area contributed by atoms with E-state index in [1.54, 1.807) is 50.3 Å². The Kier molecular flexibility index (Phi) is 5.82. The molecule has 0 aliphatic rings. The molecule has 5 nitrogen and oxygen atoms in total. The number of rotatable bonds is 5. The second-order valence-electron chi connectivity index (χ2n) is 6.65. The minimum Gasteiger partial charge on any atom is -0.322 e. The average Bonchev–Trinajstić information content (AvgIpc) is 2.89. The Morgan fingerprint density at radius 1 is 1.16 bits per heavy atom. The van der Waals surface area contributed by atoms with Crippen LogP contribution in [0.5, 0.6) is 0 Å². The average molecular weight is 379 g/mol. The standard InChI is InChI=1S/C18H22N2O3S2/c1-13-8-9-15(24-13)10-11-17(21)19-14-6-5-7-16(12-14)25(22,23)20-18(2,3)4/h5-12,20H,1-4H3,(H,19,21)/b11-10+. The summed E-state index contributed by atoms with van der Waals surface area (Å²) in [6.45, 7) is 7.31. The van der Waals surface area contributed by atoms with E-state index in [-0.39, 0.29) is 10.8 Å². The molecule has 0 aliphatic heterocycles. The third kappa shape index (κ3) is 6.12. The molecule has 0 unspecified atom stereocenters. The van der Waals surface area contributed by atoms with E-state index < -0.39 is 15.6 Å². The second-order valence-corrected chi connectivity index (χ2v) is 9.66. The third-order valence-electron chi connectivity index (χ3n) is 3.01. The molecule has 2 rings (SSSR count). The summed E-state index contributed by atoms with van der Waals surface area (Å²) in [6, 6.07) is 10.1. The van der Waals surface area contributed by atoms with Crippen LogP contribution >= 0.6 is 11.3 Å². The van der Waals surface area contributed by atoms with Gasteiger partial charge in [0, 0.05) is 27.1 Å². The first-order valence-electron chi connectivity index (χ1n) is 7.75. The van der Waals surface area contributed by atoms with Gasteiger partial charge in [0.1, 0.15) is 0 Å². The maximum absolute atomic E-state index is 12.4. The van der Waals surface area contributed by atoms with Gasteiger partial charge in [0.05, 0.1) is 4.90 Å². The highest BCUT2D eigenvalue weighted by atomic mass is 32.2. The van der Waals surface area contributed by atoms with E-state index in [0.29, 0.717) is 5.69 Å². The van der Waals surface area contributed by atoms with Crippen LogP contribution in [0.15, 0.2) is 47.4 Å². The van der Waals surface area contributed by atoms with Crippen molar-refractivity contribution in [3.05, 3.63) is 52.2 Å². The molecular weight excluding hydrogens is 356 g/mol. The van der Waals surface area contributed by atoms with Crippen LogP contribution in [0.25, 0.3) is 6.08 Å². The third-order valence-corrected chi connectivity index (χ3v) is 5.73. The zero-order valence-electron chi connectivity index (χ0n) is 14.7. The van der Waals surface area contributed by atoms with E-state index in [9.17, 15) is 13.2 Å². The van der Waals surface area contributed by atoms with Crippen molar-refractivity contribution < 1.29 is 13.2 Å². The first-order chi connectivity index (χ1) is 11.5. The minimum atomic E-state index is -3.65. The fourth-order valence-electron chi connectivity index (χ4n) is 2.09. The van der Waals surface area contributed by atoms with Gasteiger partial charge in [0.2, 0.25) is 15.9 Å². The number of hydrogen-bond donors (Lipinski definition) is 2. The van der Waals surface area contributed by atoms with Crippen molar-refractivity contribution in [2.45, 2.75) is 38.1 Å². The van der Waals surface area contributed by atoms with Gasteiger partial charge < -0.3 is 5.32 Å². The SMILES string of the molecule is Cc1ccc(/C=C/C(=O)Nc2cccc(S(=O)(=O)NC(C)(C)C)c2)s1. The number of benzene rings is 1. The van der Waals surface area contributed by atoms with Crippen molar-refractivity contribution in [3.8, 4) is 0 Å². The summed E-state index contributed by atoms with van der Waals surface area (Å²) in [5, 5.41) is 2.68. The lowest BCUT2D eigenvalue weighted by molar-refractivity contribution is -0.111. The monoisotopic (exact) mass is 378 g/mol. The number of amides is 1. The van der Waals surface area contributed by atoms with Crippen molar-refractivity contribution in [3.63, 3.8) is 0 Å². The summed E-state index contributed by atoms with van der Waals surface area (Å²) < 4.78 is 27.3. The van der Waals surface area contributed by atoms with Crippen molar-refractivity contribution in [1.82, 2.24) is 4.72 Å². The van der Waals surface area contributed by atoms with Gasteiger partial charge >= 0.3 is 0 Å². The van der Waals surface area contributed by atoms with Gasteiger partial charge in [-0.15, -0.1) is 11.3 Å². The topological polar surface area (TPSA) is 75.3 Å². The van der Waals surface area contributed by atoms with Crippen molar-refractivity contribution in [1.29, 1.82) is 0 Å². The number of thiophene rings is 1. The predicted octanol–water partition coefficient (Wildman–Crippen LogP) is 3.79.